The normalized spacial score (nSPS) is 13.6. The van der Waals surface area contributed by atoms with Crippen molar-refractivity contribution in [1.29, 1.82) is 0 Å². The van der Waals surface area contributed by atoms with Crippen LogP contribution in [0.25, 0.3) is 0 Å². The van der Waals surface area contributed by atoms with Gasteiger partial charge in [0.05, 0.1) is 18.8 Å². The molecule has 4 nitrogen and oxygen atoms in total. The first-order valence-electron chi connectivity index (χ1n) is 23.1. The van der Waals surface area contributed by atoms with Crippen LogP contribution in [0.15, 0.2) is 72.9 Å². The highest BCUT2D eigenvalue weighted by Crippen LogP contribution is 2.16. The topological polar surface area (TPSA) is 69.6 Å². The van der Waals surface area contributed by atoms with Gasteiger partial charge in [-0.15, -0.1) is 0 Å². The van der Waals surface area contributed by atoms with Crippen LogP contribution in [-0.2, 0) is 4.79 Å². The molecule has 0 saturated carbocycles. The fourth-order valence-electron chi connectivity index (χ4n) is 6.72. The standard InChI is InChI=1S/C50H89NO3/c1-3-5-7-8-9-10-11-12-13-14-15-16-17-18-19-20-21-22-23-24-25-26-27-28-29-30-31-32-33-34-35-36-37-38-39-40-41-42-44-46-50(54)51-48(47-52)49(53)45-43-6-4-2/h5,7,9-10,12-13,15-16,18-19,21-22,48-49,52-53H,3-4,6,8,11,14,17,20,23-47H2,1-2H3,(H,51,54)/b7-5-,10-9-,13-12-,16-15-,19-18-,22-21-. The third-order valence-electron chi connectivity index (χ3n) is 10.2. The average molecular weight is 752 g/mol. The molecule has 0 aliphatic heterocycles. The minimum Gasteiger partial charge on any atom is -0.394 e. The number of allylic oxidation sites excluding steroid dienone is 12. The molecule has 0 aliphatic carbocycles. The van der Waals surface area contributed by atoms with Crippen LogP contribution in [0, 0.1) is 0 Å². The molecule has 3 N–H and O–H groups in total. The Hall–Kier alpha value is -2.17. The summed E-state index contributed by atoms with van der Waals surface area (Å²) in [6.07, 6.45) is 65.0. The number of hydrogen-bond donors (Lipinski definition) is 3. The lowest BCUT2D eigenvalue weighted by atomic mass is 10.0. The molecule has 2 atom stereocenters. The van der Waals surface area contributed by atoms with E-state index in [4.69, 9.17) is 0 Å². The van der Waals surface area contributed by atoms with Crippen LogP contribution in [0.4, 0.5) is 0 Å². The number of aliphatic hydroxyl groups is 2. The number of rotatable bonds is 41. The van der Waals surface area contributed by atoms with Crippen molar-refractivity contribution in [3.63, 3.8) is 0 Å². The zero-order chi connectivity index (χ0) is 39.3. The SMILES string of the molecule is CC/C=C\C/C=C\C/C=C\C/C=C\C/C=C\C/C=C\CCCCCCCCCCCCCCCCCCCCCCC(=O)NC(CO)C(O)CCCCC. The van der Waals surface area contributed by atoms with Crippen LogP contribution in [0.2, 0.25) is 0 Å². The molecule has 0 rings (SSSR count). The number of amides is 1. The molecular weight excluding hydrogens is 663 g/mol. The van der Waals surface area contributed by atoms with Gasteiger partial charge in [0.2, 0.25) is 5.91 Å². The zero-order valence-corrected chi connectivity index (χ0v) is 35.7. The second kappa shape index (κ2) is 45.2. The Morgan fingerprint density at radius 2 is 0.815 bits per heavy atom. The van der Waals surface area contributed by atoms with Gasteiger partial charge in [0.1, 0.15) is 0 Å². The van der Waals surface area contributed by atoms with E-state index in [2.05, 4.69) is 92.1 Å². The molecule has 0 aromatic rings. The maximum absolute atomic E-state index is 12.2. The molecule has 0 fully saturated rings. The lowest BCUT2D eigenvalue weighted by Gasteiger charge is -2.22. The van der Waals surface area contributed by atoms with Crippen molar-refractivity contribution in [2.24, 2.45) is 0 Å². The lowest BCUT2D eigenvalue weighted by Crippen LogP contribution is -2.45. The molecule has 312 valence electrons. The van der Waals surface area contributed by atoms with Crippen molar-refractivity contribution in [3.05, 3.63) is 72.9 Å². The van der Waals surface area contributed by atoms with E-state index in [1.807, 2.05) is 0 Å². The number of hydrogen-bond acceptors (Lipinski definition) is 3. The number of aliphatic hydroxyl groups excluding tert-OH is 2. The summed E-state index contributed by atoms with van der Waals surface area (Å²) in [4.78, 5) is 12.2. The maximum Gasteiger partial charge on any atom is 0.220 e. The smallest absolute Gasteiger partial charge is 0.220 e. The van der Waals surface area contributed by atoms with E-state index in [9.17, 15) is 15.0 Å². The van der Waals surface area contributed by atoms with Gasteiger partial charge in [-0.1, -0.05) is 222 Å². The Kier molecular flexibility index (Phi) is 43.4. The van der Waals surface area contributed by atoms with Gasteiger partial charge in [0.15, 0.2) is 0 Å². The Morgan fingerprint density at radius 1 is 0.463 bits per heavy atom. The van der Waals surface area contributed by atoms with Crippen molar-refractivity contribution in [1.82, 2.24) is 5.32 Å². The molecule has 0 spiro atoms. The van der Waals surface area contributed by atoms with Gasteiger partial charge in [-0.3, -0.25) is 4.79 Å². The van der Waals surface area contributed by atoms with E-state index >= 15 is 0 Å². The quantitative estimate of drug-likeness (QED) is 0.0430. The predicted octanol–water partition coefficient (Wildman–Crippen LogP) is 14.7. The summed E-state index contributed by atoms with van der Waals surface area (Å²) in [7, 11) is 0. The van der Waals surface area contributed by atoms with Crippen molar-refractivity contribution in [2.75, 3.05) is 6.61 Å². The van der Waals surface area contributed by atoms with Crippen molar-refractivity contribution < 1.29 is 15.0 Å². The number of carbonyl (C=O) groups excluding carboxylic acids is 1. The summed E-state index contributed by atoms with van der Waals surface area (Å²) in [6.45, 7) is 4.09. The van der Waals surface area contributed by atoms with Crippen LogP contribution >= 0.6 is 0 Å². The van der Waals surface area contributed by atoms with Crippen LogP contribution in [-0.4, -0.2) is 34.9 Å². The van der Waals surface area contributed by atoms with Crippen LogP contribution in [0.1, 0.15) is 219 Å². The Balaban J connectivity index is 3.36. The summed E-state index contributed by atoms with van der Waals surface area (Å²) in [5, 5.41) is 22.6. The lowest BCUT2D eigenvalue weighted by molar-refractivity contribution is -0.123. The summed E-state index contributed by atoms with van der Waals surface area (Å²) >= 11 is 0. The molecule has 0 aromatic carbocycles. The first kappa shape index (κ1) is 51.8. The first-order valence-corrected chi connectivity index (χ1v) is 23.1. The van der Waals surface area contributed by atoms with E-state index in [-0.39, 0.29) is 12.5 Å². The number of unbranched alkanes of at least 4 members (excludes halogenated alkanes) is 22. The Bertz CT molecular complexity index is 946. The van der Waals surface area contributed by atoms with Crippen molar-refractivity contribution >= 4 is 5.91 Å². The van der Waals surface area contributed by atoms with Gasteiger partial charge < -0.3 is 15.5 Å². The monoisotopic (exact) mass is 752 g/mol. The molecule has 0 heterocycles. The van der Waals surface area contributed by atoms with E-state index in [0.29, 0.717) is 12.8 Å². The maximum atomic E-state index is 12.2. The first-order chi connectivity index (χ1) is 26.7. The van der Waals surface area contributed by atoms with E-state index in [0.717, 1.165) is 70.6 Å². The van der Waals surface area contributed by atoms with Crippen LogP contribution in [0.5, 0.6) is 0 Å². The van der Waals surface area contributed by atoms with Crippen molar-refractivity contribution in [2.45, 2.75) is 231 Å². The molecule has 0 aromatic heterocycles. The Morgan fingerprint density at radius 3 is 1.19 bits per heavy atom. The highest BCUT2D eigenvalue weighted by molar-refractivity contribution is 5.76. The molecule has 4 heteroatoms. The van der Waals surface area contributed by atoms with Gasteiger partial charge in [-0.05, 0) is 64.2 Å². The largest absolute Gasteiger partial charge is 0.394 e. The highest BCUT2D eigenvalue weighted by Gasteiger charge is 2.19. The fourth-order valence-corrected chi connectivity index (χ4v) is 6.72. The molecule has 54 heavy (non-hydrogen) atoms. The summed E-state index contributed by atoms with van der Waals surface area (Å²) < 4.78 is 0. The molecule has 0 saturated heterocycles. The summed E-state index contributed by atoms with van der Waals surface area (Å²) in [6, 6.07) is -0.531. The van der Waals surface area contributed by atoms with Crippen LogP contribution < -0.4 is 5.32 Å². The third-order valence-corrected chi connectivity index (χ3v) is 10.2. The van der Waals surface area contributed by atoms with Gasteiger partial charge in [0, 0.05) is 6.42 Å². The fraction of sp³-hybridized carbons (Fsp3) is 0.740. The molecule has 1 amide bonds. The molecule has 2 unspecified atom stereocenters. The third kappa shape index (κ3) is 41.0. The van der Waals surface area contributed by atoms with E-state index < -0.39 is 12.1 Å². The highest BCUT2D eigenvalue weighted by atomic mass is 16.3. The number of carbonyl (C=O) groups is 1. The second-order valence-corrected chi connectivity index (χ2v) is 15.4. The average Bonchev–Trinajstić information content (AvgIpc) is 3.17. The number of nitrogens with one attached hydrogen (secondary N) is 1. The molecular formula is C50H89NO3. The molecule has 0 aliphatic rings. The summed E-state index contributed by atoms with van der Waals surface area (Å²) in [5.74, 6) is -0.0433. The summed E-state index contributed by atoms with van der Waals surface area (Å²) in [5.41, 5.74) is 0. The second-order valence-electron chi connectivity index (χ2n) is 15.4. The Labute approximate surface area is 336 Å². The van der Waals surface area contributed by atoms with Gasteiger partial charge >= 0.3 is 0 Å². The van der Waals surface area contributed by atoms with Crippen molar-refractivity contribution in [3.8, 4) is 0 Å². The van der Waals surface area contributed by atoms with E-state index in [1.54, 1.807) is 0 Å². The predicted molar refractivity (Wildman–Crippen MR) is 239 cm³/mol. The molecule has 0 bridgehead atoms. The van der Waals surface area contributed by atoms with E-state index in [1.165, 1.54) is 122 Å². The van der Waals surface area contributed by atoms with Crippen LogP contribution in [0.3, 0.4) is 0 Å². The zero-order valence-electron chi connectivity index (χ0n) is 35.7. The minimum atomic E-state index is -0.655. The van der Waals surface area contributed by atoms with Gasteiger partial charge in [-0.2, -0.15) is 0 Å². The van der Waals surface area contributed by atoms with Gasteiger partial charge in [-0.25, -0.2) is 0 Å². The molecule has 0 radical (unpaired) electrons. The minimum absolute atomic E-state index is 0.0433. The van der Waals surface area contributed by atoms with Gasteiger partial charge in [0.25, 0.3) is 0 Å².